The van der Waals surface area contributed by atoms with E-state index in [2.05, 4.69) is 10.6 Å². The van der Waals surface area contributed by atoms with Crippen molar-refractivity contribution in [3.05, 3.63) is 76.2 Å². The van der Waals surface area contributed by atoms with Crippen molar-refractivity contribution in [2.75, 3.05) is 10.6 Å². The van der Waals surface area contributed by atoms with Gasteiger partial charge in [0.05, 0.1) is 5.69 Å². The molecule has 2 amide bonds. The van der Waals surface area contributed by atoms with E-state index in [1.54, 1.807) is 35.6 Å². The second kappa shape index (κ2) is 8.46. The fourth-order valence-corrected chi connectivity index (χ4v) is 2.99. The molecule has 0 atom stereocenters. The Balaban J connectivity index is 1.70. The Morgan fingerprint density at radius 1 is 1.07 bits per heavy atom. The van der Waals surface area contributed by atoms with Crippen LogP contribution in [0.1, 0.15) is 22.2 Å². The van der Waals surface area contributed by atoms with Gasteiger partial charge in [-0.2, -0.15) is 0 Å². The fourth-order valence-electron chi connectivity index (χ4n) is 2.37. The van der Waals surface area contributed by atoms with Crippen molar-refractivity contribution in [2.45, 2.75) is 13.5 Å². The molecule has 0 aliphatic carbocycles. The number of carbonyl (C=O) groups excluding carboxylic acids is 2. The van der Waals surface area contributed by atoms with Crippen LogP contribution < -0.4 is 15.4 Å². The quantitative estimate of drug-likeness (QED) is 0.649. The van der Waals surface area contributed by atoms with Crippen molar-refractivity contribution in [1.29, 1.82) is 0 Å². The van der Waals surface area contributed by atoms with Crippen molar-refractivity contribution in [3.63, 3.8) is 0 Å². The minimum absolute atomic E-state index is 0.0174. The van der Waals surface area contributed by atoms with Gasteiger partial charge < -0.3 is 15.4 Å². The van der Waals surface area contributed by atoms with Gasteiger partial charge in [0, 0.05) is 23.1 Å². The standard InChI is InChI=1S/C20H17FN2O3S/c1-13(24)22-15-7-8-18(21)19(11-15)23-20(25)14-4-2-5-16(10-14)26-12-17-6-3-9-27-17/h2-11H,12H2,1H3,(H,22,24)(H,23,25). The summed E-state index contributed by atoms with van der Waals surface area (Å²) in [5, 5.41) is 7.03. The first kappa shape index (κ1) is 18.6. The molecule has 0 spiro atoms. The van der Waals surface area contributed by atoms with Crippen LogP contribution in [0.15, 0.2) is 60.0 Å². The van der Waals surface area contributed by atoms with Gasteiger partial charge in [0.2, 0.25) is 5.91 Å². The minimum atomic E-state index is -0.595. The summed E-state index contributed by atoms with van der Waals surface area (Å²) in [4.78, 5) is 24.7. The number of amides is 2. The third-order valence-electron chi connectivity index (χ3n) is 3.59. The summed E-state index contributed by atoms with van der Waals surface area (Å²) in [6, 6.07) is 14.5. The molecular weight excluding hydrogens is 367 g/mol. The highest BCUT2D eigenvalue weighted by Crippen LogP contribution is 2.22. The molecule has 3 aromatic rings. The number of anilines is 2. The number of ether oxygens (including phenoxy) is 1. The van der Waals surface area contributed by atoms with Crippen molar-refractivity contribution in [3.8, 4) is 5.75 Å². The van der Waals surface area contributed by atoms with E-state index in [1.807, 2.05) is 17.5 Å². The molecule has 27 heavy (non-hydrogen) atoms. The van der Waals surface area contributed by atoms with Crippen LogP contribution in [0.2, 0.25) is 0 Å². The number of halogens is 1. The number of carbonyl (C=O) groups is 2. The zero-order valence-corrected chi connectivity index (χ0v) is 15.3. The van der Waals surface area contributed by atoms with Gasteiger partial charge in [0.15, 0.2) is 0 Å². The number of thiophene rings is 1. The minimum Gasteiger partial charge on any atom is -0.488 e. The Bertz CT molecular complexity index is 958. The second-order valence-corrected chi connectivity index (χ2v) is 6.76. The highest BCUT2D eigenvalue weighted by molar-refractivity contribution is 7.09. The molecule has 1 aromatic heterocycles. The largest absolute Gasteiger partial charge is 0.488 e. The Labute approximate surface area is 159 Å². The maximum absolute atomic E-state index is 14.0. The summed E-state index contributed by atoms with van der Waals surface area (Å²) >= 11 is 1.59. The molecule has 5 nitrogen and oxygen atoms in total. The highest BCUT2D eigenvalue weighted by Gasteiger charge is 2.12. The van der Waals surface area contributed by atoms with Crippen LogP contribution >= 0.6 is 11.3 Å². The van der Waals surface area contributed by atoms with Crippen molar-refractivity contribution in [2.24, 2.45) is 0 Å². The van der Waals surface area contributed by atoms with Crippen LogP contribution in [0, 0.1) is 5.82 Å². The maximum Gasteiger partial charge on any atom is 0.255 e. The molecule has 3 rings (SSSR count). The Morgan fingerprint density at radius 2 is 1.93 bits per heavy atom. The number of hydrogen-bond acceptors (Lipinski definition) is 4. The molecule has 0 aliphatic heterocycles. The molecule has 0 unspecified atom stereocenters. The smallest absolute Gasteiger partial charge is 0.255 e. The molecule has 2 N–H and O–H groups in total. The van der Waals surface area contributed by atoms with Crippen LogP contribution in [-0.4, -0.2) is 11.8 Å². The molecule has 0 radical (unpaired) electrons. The van der Waals surface area contributed by atoms with Crippen LogP contribution in [0.4, 0.5) is 15.8 Å². The molecule has 0 fully saturated rings. The zero-order valence-electron chi connectivity index (χ0n) is 14.5. The molecule has 7 heteroatoms. The topological polar surface area (TPSA) is 67.4 Å². The molecule has 0 saturated heterocycles. The van der Waals surface area contributed by atoms with Crippen LogP contribution in [0.25, 0.3) is 0 Å². The van der Waals surface area contributed by atoms with E-state index in [0.717, 1.165) is 4.88 Å². The zero-order chi connectivity index (χ0) is 19.2. The molecule has 0 bridgehead atoms. The third kappa shape index (κ3) is 5.15. The lowest BCUT2D eigenvalue weighted by atomic mass is 10.2. The highest BCUT2D eigenvalue weighted by atomic mass is 32.1. The summed E-state index contributed by atoms with van der Waals surface area (Å²) in [6.45, 7) is 1.76. The van der Waals surface area contributed by atoms with Gasteiger partial charge in [-0.3, -0.25) is 9.59 Å². The molecule has 1 heterocycles. The Morgan fingerprint density at radius 3 is 2.67 bits per heavy atom. The lowest BCUT2D eigenvalue weighted by Crippen LogP contribution is -2.14. The van der Waals surface area contributed by atoms with E-state index < -0.39 is 11.7 Å². The SMILES string of the molecule is CC(=O)Nc1ccc(F)c(NC(=O)c2cccc(OCc3cccs3)c2)c1. The first-order chi connectivity index (χ1) is 13.0. The van der Waals surface area contributed by atoms with Gasteiger partial charge in [-0.1, -0.05) is 12.1 Å². The van der Waals surface area contributed by atoms with E-state index in [4.69, 9.17) is 4.74 Å². The second-order valence-electron chi connectivity index (χ2n) is 5.73. The van der Waals surface area contributed by atoms with Crippen LogP contribution in [0.5, 0.6) is 5.75 Å². The summed E-state index contributed by atoms with van der Waals surface area (Å²) in [7, 11) is 0. The monoisotopic (exact) mass is 384 g/mol. The lowest BCUT2D eigenvalue weighted by Gasteiger charge is -2.10. The summed E-state index contributed by atoms with van der Waals surface area (Å²) in [5.74, 6) is -0.809. The maximum atomic E-state index is 14.0. The number of benzene rings is 2. The Hall–Kier alpha value is -3.19. The van der Waals surface area contributed by atoms with Crippen molar-refractivity contribution in [1.82, 2.24) is 0 Å². The lowest BCUT2D eigenvalue weighted by molar-refractivity contribution is -0.114. The average Bonchev–Trinajstić information content (AvgIpc) is 3.16. The first-order valence-electron chi connectivity index (χ1n) is 8.15. The van der Waals surface area contributed by atoms with E-state index in [0.29, 0.717) is 23.6 Å². The molecular formula is C20H17FN2O3S. The predicted octanol–water partition coefficient (Wildman–Crippen LogP) is 4.68. The molecule has 138 valence electrons. The molecule has 0 saturated carbocycles. The van der Waals surface area contributed by atoms with Crippen molar-refractivity contribution < 1.29 is 18.7 Å². The normalized spacial score (nSPS) is 10.3. The predicted molar refractivity (Wildman–Crippen MR) is 104 cm³/mol. The van der Waals surface area contributed by atoms with Gasteiger partial charge in [-0.25, -0.2) is 4.39 Å². The van der Waals surface area contributed by atoms with Gasteiger partial charge in [-0.15, -0.1) is 11.3 Å². The Kier molecular flexibility index (Phi) is 5.83. The van der Waals surface area contributed by atoms with Gasteiger partial charge in [0.25, 0.3) is 5.91 Å². The van der Waals surface area contributed by atoms with E-state index in [-0.39, 0.29) is 11.6 Å². The van der Waals surface area contributed by atoms with E-state index in [9.17, 15) is 14.0 Å². The number of rotatable bonds is 6. The first-order valence-corrected chi connectivity index (χ1v) is 9.03. The third-order valence-corrected chi connectivity index (χ3v) is 4.44. The summed E-state index contributed by atoms with van der Waals surface area (Å²) < 4.78 is 19.7. The van der Waals surface area contributed by atoms with E-state index in [1.165, 1.54) is 25.1 Å². The number of hydrogen-bond donors (Lipinski definition) is 2. The average molecular weight is 384 g/mol. The van der Waals surface area contributed by atoms with E-state index >= 15 is 0 Å². The van der Waals surface area contributed by atoms with Gasteiger partial charge >= 0.3 is 0 Å². The van der Waals surface area contributed by atoms with Crippen LogP contribution in [0.3, 0.4) is 0 Å². The fraction of sp³-hybridized carbons (Fsp3) is 0.100. The van der Waals surface area contributed by atoms with Crippen LogP contribution in [-0.2, 0) is 11.4 Å². The molecule has 0 aliphatic rings. The summed E-state index contributed by atoms with van der Waals surface area (Å²) in [6.07, 6.45) is 0. The van der Waals surface area contributed by atoms with Gasteiger partial charge in [-0.05, 0) is 47.8 Å². The van der Waals surface area contributed by atoms with Crippen molar-refractivity contribution >= 4 is 34.5 Å². The molecule has 2 aromatic carbocycles. The number of nitrogens with one attached hydrogen (secondary N) is 2. The summed E-state index contributed by atoms with van der Waals surface area (Å²) in [5.41, 5.74) is 0.714. The van der Waals surface area contributed by atoms with Gasteiger partial charge in [0.1, 0.15) is 18.2 Å².